The van der Waals surface area contributed by atoms with Crippen molar-refractivity contribution in [2.75, 3.05) is 0 Å². The van der Waals surface area contributed by atoms with E-state index in [0.717, 1.165) is 0 Å². The molecule has 0 unspecified atom stereocenters. The minimum absolute atomic E-state index is 0. The number of rotatable bonds is 0. The molecule has 0 aliphatic rings. The second kappa shape index (κ2) is 6.19. The zero-order chi connectivity index (χ0) is 4.50. The fourth-order valence-electron chi connectivity index (χ4n) is 0. The van der Waals surface area contributed by atoms with Crippen LogP contribution in [0.15, 0.2) is 0 Å². The SMILES string of the molecule is O[Si](O)(O)O.[AlH3].[SrH2]. The van der Waals surface area contributed by atoms with Gasteiger partial charge in [-0.25, -0.2) is 0 Å². The summed E-state index contributed by atoms with van der Waals surface area (Å²) in [5.74, 6) is 0. The topological polar surface area (TPSA) is 80.9 Å². The van der Waals surface area contributed by atoms with Gasteiger partial charge in [0.25, 0.3) is 0 Å². The normalized spacial score (nSPS) is 8.57. The standard InChI is InChI=1S/Al.H4O4Si.Sr.5H/c;1-5(2,3)4;;;;;;/h;1-4H;;;;;;. The Morgan fingerprint density at radius 3 is 0.857 bits per heavy atom. The second-order valence-corrected chi connectivity index (χ2v) is 1.80. The summed E-state index contributed by atoms with van der Waals surface area (Å²) < 4.78 is 0. The van der Waals surface area contributed by atoms with Crippen molar-refractivity contribution < 1.29 is 19.2 Å². The van der Waals surface area contributed by atoms with Crippen molar-refractivity contribution in [3.63, 3.8) is 0 Å². The van der Waals surface area contributed by atoms with Crippen molar-refractivity contribution in [1.82, 2.24) is 0 Å². The molecular formula is H9AlO4SiSr. The predicted molar refractivity (Wildman–Crippen MR) is 33.1 cm³/mol. The van der Waals surface area contributed by atoms with E-state index >= 15 is 0 Å². The van der Waals surface area contributed by atoms with Crippen LogP contribution in [0.25, 0.3) is 0 Å². The molecule has 0 rings (SSSR count). The van der Waals surface area contributed by atoms with Crippen LogP contribution in [-0.2, 0) is 0 Å². The molecule has 0 radical (unpaired) electrons. The summed E-state index contributed by atoms with van der Waals surface area (Å²) in [4.78, 5) is 29.3. The summed E-state index contributed by atoms with van der Waals surface area (Å²) >= 11 is 0. The first kappa shape index (κ1) is 16.0. The average molecular weight is 216 g/mol. The molecule has 0 aromatic heterocycles. The van der Waals surface area contributed by atoms with Gasteiger partial charge >= 0.3 is 54.5 Å². The van der Waals surface area contributed by atoms with Gasteiger partial charge in [0, 0.05) is 0 Å². The molecule has 4 N–H and O–H groups in total. The molecule has 0 fully saturated rings. The summed E-state index contributed by atoms with van der Waals surface area (Å²) in [5, 5.41) is 0. The van der Waals surface area contributed by atoms with Gasteiger partial charge in [-0.05, 0) is 0 Å². The van der Waals surface area contributed by atoms with Gasteiger partial charge in [-0.15, -0.1) is 0 Å². The van der Waals surface area contributed by atoms with E-state index in [0.29, 0.717) is 0 Å². The summed E-state index contributed by atoms with van der Waals surface area (Å²) in [6.45, 7) is 0. The number of hydrogen-bond acceptors (Lipinski definition) is 4. The zero-order valence-electron chi connectivity index (χ0n) is 2.29. The molecule has 0 aliphatic heterocycles. The molecule has 0 aromatic rings. The van der Waals surface area contributed by atoms with Crippen molar-refractivity contribution in [3.8, 4) is 0 Å². The summed E-state index contributed by atoms with van der Waals surface area (Å²) in [5.41, 5.74) is 0. The van der Waals surface area contributed by atoms with Gasteiger partial charge in [0.15, 0.2) is 17.4 Å². The van der Waals surface area contributed by atoms with Gasteiger partial charge in [-0.3, -0.25) is 0 Å². The Labute approximate surface area is 89.7 Å². The number of hydrogen-bond donors (Lipinski definition) is 4. The summed E-state index contributed by atoms with van der Waals surface area (Å²) in [6.07, 6.45) is 0. The molecular weight excluding hydrogens is 207 g/mol. The second-order valence-electron chi connectivity index (χ2n) is 0.600. The molecule has 0 bridgehead atoms. The van der Waals surface area contributed by atoms with E-state index < -0.39 is 9.05 Å². The molecule has 0 saturated heterocycles. The van der Waals surface area contributed by atoms with Crippen LogP contribution in [0.2, 0.25) is 0 Å². The van der Waals surface area contributed by atoms with E-state index in [2.05, 4.69) is 0 Å². The first-order valence-electron chi connectivity index (χ1n) is 0.894. The molecule has 0 heterocycles. The Bertz CT molecular complexity index is 27.2. The van der Waals surface area contributed by atoms with E-state index in [1.54, 1.807) is 0 Å². The van der Waals surface area contributed by atoms with Crippen LogP contribution >= 0.6 is 0 Å². The summed E-state index contributed by atoms with van der Waals surface area (Å²) in [7, 11) is -4.61. The van der Waals surface area contributed by atoms with E-state index in [4.69, 9.17) is 19.2 Å². The molecule has 4 nitrogen and oxygen atoms in total. The van der Waals surface area contributed by atoms with E-state index in [9.17, 15) is 0 Å². The molecule has 0 saturated carbocycles. The van der Waals surface area contributed by atoms with Crippen LogP contribution in [0.3, 0.4) is 0 Å². The van der Waals surface area contributed by atoms with Crippen LogP contribution in [0.5, 0.6) is 0 Å². The van der Waals surface area contributed by atoms with Gasteiger partial charge in [-0.2, -0.15) is 0 Å². The molecule has 7 heavy (non-hydrogen) atoms. The third kappa shape index (κ3) is 69.4. The van der Waals surface area contributed by atoms with Gasteiger partial charge in [0.1, 0.15) is 0 Å². The monoisotopic (exact) mass is 216 g/mol. The third-order valence-corrected chi connectivity index (χ3v) is 0. The zero-order valence-corrected chi connectivity index (χ0v) is 3.29. The molecule has 42 valence electrons. The van der Waals surface area contributed by atoms with E-state index in [1.807, 2.05) is 0 Å². The quantitative estimate of drug-likeness (QED) is 0.306. The Balaban J connectivity index is -0.0000000800. The Morgan fingerprint density at radius 1 is 0.857 bits per heavy atom. The predicted octanol–water partition coefficient (Wildman–Crippen LogP) is -4.71. The van der Waals surface area contributed by atoms with Crippen molar-refractivity contribution in [2.24, 2.45) is 0 Å². The molecule has 0 aromatic carbocycles. The van der Waals surface area contributed by atoms with E-state index in [1.165, 1.54) is 0 Å². The third-order valence-electron chi connectivity index (χ3n) is 0. The maximum atomic E-state index is 7.33. The molecule has 0 amide bonds. The van der Waals surface area contributed by atoms with Gasteiger partial charge < -0.3 is 19.2 Å². The Morgan fingerprint density at radius 2 is 0.857 bits per heavy atom. The molecule has 0 atom stereocenters. The average Bonchev–Trinajstić information content (AvgIpc) is 0.722. The molecule has 0 spiro atoms. The van der Waals surface area contributed by atoms with Gasteiger partial charge in [0.2, 0.25) is 0 Å². The van der Waals surface area contributed by atoms with Gasteiger partial charge in [0.05, 0.1) is 0 Å². The molecule has 7 heteroatoms. The Hall–Kier alpha value is 2.07. The molecule has 0 aliphatic carbocycles. The fraction of sp³-hybridized carbons (Fsp3) is 0. The van der Waals surface area contributed by atoms with Crippen LogP contribution in [-0.4, -0.2) is 91.1 Å². The maximum absolute atomic E-state index is 7.33. The van der Waals surface area contributed by atoms with Crippen LogP contribution < -0.4 is 0 Å². The van der Waals surface area contributed by atoms with Crippen molar-refractivity contribution >= 4 is 71.9 Å². The van der Waals surface area contributed by atoms with Crippen LogP contribution in [0.4, 0.5) is 0 Å². The first-order chi connectivity index (χ1) is 2.00. The minimum atomic E-state index is -4.61. The van der Waals surface area contributed by atoms with Crippen molar-refractivity contribution in [2.45, 2.75) is 0 Å². The van der Waals surface area contributed by atoms with Crippen molar-refractivity contribution in [1.29, 1.82) is 0 Å². The first-order valence-corrected chi connectivity index (χ1v) is 2.68. The van der Waals surface area contributed by atoms with E-state index in [-0.39, 0.29) is 62.8 Å². The van der Waals surface area contributed by atoms with Gasteiger partial charge in [-0.1, -0.05) is 0 Å². The fourth-order valence-corrected chi connectivity index (χ4v) is 0. The summed E-state index contributed by atoms with van der Waals surface area (Å²) in [6, 6.07) is 0. The van der Waals surface area contributed by atoms with Crippen molar-refractivity contribution in [3.05, 3.63) is 0 Å². The van der Waals surface area contributed by atoms with Crippen LogP contribution in [0, 0.1) is 0 Å². The van der Waals surface area contributed by atoms with Crippen LogP contribution in [0.1, 0.15) is 0 Å². The Kier molecular flexibility index (Phi) is 14.2.